The van der Waals surface area contributed by atoms with E-state index in [4.69, 9.17) is 9.47 Å². The number of carbonyl (C=O) groups excluding carboxylic acids is 1. The molecule has 0 saturated carbocycles. The van der Waals surface area contributed by atoms with Crippen LogP contribution in [0.3, 0.4) is 0 Å². The van der Waals surface area contributed by atoms with E-state index in [9.17, 15) is 15.3 Å². The van der Waals surface area contributed by atoms with Crippen molar-refractivity contribution >= 4 is 33.6 Å². The zero-order chi connectivity index (χ0) is 25.4. The van der Waals surface area contributed by atoms with Crippen LogP contribution in [-0.2, 0) is 11.4 Å². The van der Waals surface area contributed by atoms with Gasteiger partial charge in [-0.2, -0.15) is 10.5 Å². The van der Waals surface area contributed by atoms with Crippen molar-refractivity contribution in [3.05, 3.63) is 92.5 Å². The Labute approximate surface area is 213 Å². The van der Waals surface area contributed by atoms with Gasteiger partial charge in [-0.05, 0) is 89.8 Å². The molecule has 0 saturated heterocycles. The average Bonchev–Trinajstić information content (AvgIpc) is 2.84. The highest BCUT2D eigenvalue weighted by Gasteiger charge is 2.15. The molecule has 0 unspecified atom stereocenters. The van der Waals surface area contributed by atoms with Gasteiger partial charge in [0.05, 0.1) is 22.7 Å². The van der Waals surface area contributed by atoms with Crippen LogP contribution in [0.15, 0.2) is 64.6 Å². The van der Waals surface area contributed by atoms with E-state index in [0.717, 1.165) is 16.7 Å². The second kappa shape index (κ2) is 11.9. The van der Waals surface area contributed by atoms with Crippen LogP contribution in [-0.4, -0.2) is 12.5 Å². The predicted molar refractivity (Wildman–Crippen MR) is 139 cm³/mol. The minimum Gasteiger partial charge on any atom is -0.490 e. The monoisotopic (exact) mass is 529 g/mol. The minimum absolute atomic E-state index is 0.0470. The van der Waals surface area contributed by atoms with Crippen molar-refractivity contribution in [3.63, 3.8) is 0 Å². The summed E-state index contributed by atoms with van der Waals surface area (Å²) in [5.74, 6) is 0.419. The van der Waals surface area contributed by atoms with Gasteiger partial charge in [-0.15, -0.1) is 0 Å². The number of rotatable bonds is 8. The lowest BCUT2D eigenvalue weighted by atomic mass is 10.1. The van der Waals surface area contributed by atoms with Crippen LogP contribution in [0.25, 0.3) is 6.08 Å². The number of nitriles is 2. The normalized spacial score (nSPS) is 10.7. The number of hydrogen-bond acceptors (Lipinski definition) is 5. The van der Waals surface area contributed by atoms with Gasteiger partial charge < -0.3 is 14.8 Å². The number of ether oxygens (including phenoxy) is 2. The molecule has 0 aromatic heterocycles. The van der Waals surface area contributed by atoms with Crippen molar-refractivity contribution in [2.24, 2.45) is 0 Å². The highest BCUT2D eigenvalue weighted by atomic mass is 79.9. The van der Waals surface area contributed by atoms with Gasteiger partial charge >= 0.3 is 0 Å². The molecule has 0 radical (unpaired) electrons. The summed E-state index contributed by atoms with van der Waals surface area (Å²) >= 11 is 3.51. The molecule has 0 atom stereocenters. The van der Waals surface area contributed by atoms with Crippen LogP contribution in [0.4, 0.5) is 5.69 Å². The molecule has 0 heterocycles. The summed E-state index contributed by atoms with van der Waals surface area (Å²) in [6, 6.07) is 20.4. The van der Waals surface area contributed by atoms with E-state index in [0.29, 0.717) is 39.4 Å². The molecule has 0 aliphatic rings. The smallest absolute Gasteiger partial charge is 0.266 e. The molecular weight excluding hydrogens is 506 g/mol. The van der Waals surface area contributed by atoms with E-state index in [2.05, 4.69) is 27.3 Å². The number of amides is 1. The van der Waals surface area contributed by atoms with Crippen molar-refractivity contribution in [1.82, 2.24) is 0 Å². The Kier molecular flexibility index (Phi) is 8.67. The second-order valence-electron chi connectivity index (χ2n) is 7.74. The number of carbonyl (C=O) groups is 1. The molecule has 3 aromatic carbocycles. The van der Waals surface area contributed by atoms with Crippen molar-refractivity contribution in [1.29, 1.82) is 10.5 Å². The number of aryl methyl sites for hydroxylation is 2. The first-order valence-electron chi connectivity index (χ1n) is 10.9. The van der Waals surface area contributed by atoms with Crippen LogP contribution in [0, 0.1) is 36.5 Å². The maximum Gasteiger partial charge on any atom is 0.266 e. The summed E-state index contributed by atoms with van der Waals surface area (Å²) in [6.07, 6.45) is 1.50. The van der Waals surface area contributed by atoms with E-state index in [-0.39, 0.29) is 12.2 Å². The molecule has 0 bridgehead atoms. The lowest BCUT2D eigenvalue weighted by Crippen LogP contribution is -2.13. The molecule has 7 heteroatoms. The first kappa shape index (κ1) is 25.6. The minimum atomic E-state index is -0.502. The van der Waals surface area contributed by atoms with Gasteiger partial charge in [-0.1, -0.05) is 24.3 Å². The van der Waals surface area contributed by atoms with Crippen LogP contribution in [0.2, 0.25) is 0 Å². The van der Waals surface area contributed by atoms with E-state index < -0.39 is 5.91 Å². The van der Waals surface area contributed by atoms with Gasteiger partial charge in [0, 0.05) is 11.3 Å². The molecule has 3 aromatic rings. The summed E-state index contributed by atoms with van der Waals surface area (Å²) in [5.41, 5.74) is 4.62. The predicted octanol–water partition coefficient (Wildman–Crippen LogP) is 6.46. The topological polar surface area (TPSA) is 95.1 Å². The summed E-state index contributed by atoms with van der Waals surface area (Å²) in [4.78, 5) is 12.7. The standard InChI is InChI=1S/C28H24BrN3O3/c1-4-34-26-14-20(12-23(16-31)28(33)32-24-10-9-18(2)19(3)11-24)13-25(29)27(26)35-17-22-8-6-5-7-21(22)15-30/h5-14H,4,17H2,1-3H3,(H,32,33)/b23-12+. The molecule has 35 heavy (non-hydrogen) atoms. The van der Waals surface area contributed by atoms with E-state index in [1.807, 2.05) is 51.1 Å². The highest BCUT2D eigenvalue weighted by molar-refractivity contribution is 9.10. The number of nitrogens with one attached hydrogen (secondary N) is 1. The highest BCUT2D eigenvalue weighted by Crippen LogP contribution is 2.38. The Morgan fingerprint density at radius 3 is 2.51 bits per heavy atom. The average molecular weight is 530 g/mol. The maximum absolute atomic E-state index is 12.7. The van der Waals surface area contributed by atoms with Crippen molar-refractivity contribution in [2.75, 3.05) is 11.9 Å². The van der Waals surface area contributed by atoms with Crippen LogP contribution in [0.5, 0.6) is 11.5 Å². The van der Waals surface area contributed by atoms with Gasteiger partial charge in [0.15, 0.2) is 11.5 Å². The fraction of sp³-hybridized carbons (Fsp3) is 0.179. The Morgan fingerprint density at radius 2 is 1.83 bits per heavy atom. The third-order valence-corrected chi connectivity index (χ3v) is 5.87. The Bertz CT molecular complexity index is 1370. The van der Waals surface area contributed by atoms with Gasteiger partial charge in [0.25, 0.3) is 5.91 Å². The maximum atomic E-state index is 12.7. The SMILES string of the molecule is CCOc1cc(/C=C(\C#N)C(=O)Nc2ccc(C)c(C)c2)cc(Br)c1OCc1ccccc1C#N. The lowest BCUT2D eigenvalue weighted by molar-refractivity contribution is -0.112. The zero-order valence-corrected chi connectivity index (χ0v) is 21.3. The molecule has 0 spiro atoms. The summed E-state index contributed by atoms with van der Waals surface area (Å²) in [5, 5.41) is 21.7. The number of nitrogens with zero attached hydrogens (tertiary/aromatic N) is 2. The molecular formula is C28H24BrN3O3. The first-order chi connectivity index (χ1) is 16.9. The molecule has 1 amide bonds. The molecule has 1 N–H and O–H groups in total. The summed E-state index contributed by atoms with van der Waals surface area (Å²) in [6.45, 7) is 6.37. The molecule has 0 aliphatic heterocycles. The van der Waals surface area contributed by atoms with Gasteiger partial charge in [-0.25, -0.2) is 0 Å². The largest absolute Gasteiger partial charge is 0.490 e. The lowest BCUT2D eigenvalue weighted by Gasteiger charge is -2.15. The molecule has 176 valence electrons. The number of halogens is 1. The molecule has 0 aliphatic carbocycles. The van der Waals surface area contributed by atoms with Crippen LogP contribution in [0.1, 0.15) is 34.7 Å². The van der Waals surface area contributed by atoms with E-state index in [1.165, 1.54) is 6.08 Å². The zero-order valence-electron chi connectivity index (χ0n) is 19.7. The second-order valence-corrected chi connectivity index (χ2v) is 8.60. The third-order valence-electron chi connectivity index (χ3n) is 5.28. The molecule has 3 rings (SSSR count). The van der Waals surface area contributed by atoms with Crippen molar-refractivity contribution in [2.45, 2.75) is 27.4 Å². The number of anilines is 1. The molecule has 6 nitrogen and oxygen atoms in total. The van der Waals surface area contributed by atoms with Crippen LogP contribution < -0.4 is 14.8 Å². The number of benzene rings is 3. The van der Waals surface area contributed by atoms with E-state index in [1.54, 1.807) is 30.3 Å². The van der Waals surface area contributed by atoms with Crippen molar-refractivity contribution < 1.29 is 14.3 Å². The summed E-state index contributed by atoms with van der Waals surface area (Å²) < 4.78 is 12.4. The fourth-order valence-corrected chi connectivity index (χ4v) is 3.89. The van der Waals surface area contributed by atoms with Gasteiger partial charge in [0.1, 0.15) is 18.2 Å². The third kappa shape index (κ3) is 6.50. The first-order valence-corrected chi connectivity index (χ1v) is 11.7. The van der Waals surface area contributed by atoms with E-state index >= 15 is 0 Å². The number of hydrogen-bond donors (Lipinski definition) is 1. The Hall–Kier alpha value is -4.07. The fourth-order valence-electron chi connectivity index (χ4n) is 3.31. The van der Waals surface area contributed by atoms with Gasteiger partial charge in [-0.3, -0.25) is 4.79 Å². The van der Waals surface area contributed by atoms with Crippen molar-refractivity contribution in [3.8, 4) is 23.6 Å². The quantitative estimate of drug-likeness (QED) is 0.266. The molecule has 0 fully saturated rings. The summed E-state index contributed by atoms with van der Waals surface area (Å²) in [7, 11) is 0. The Balaban J connectivity index is 1.87. The van der Waals surface area contributed by atoms with Gasteiger partial charge in [0.2, 0.25) is 0 Å². The van der Waals surface area contributed by atoms with Crippen LogP contribution >= 0.6 is 15.9 Å². The Morgan fingerprint density at radius 1 is 1.06 bits per heavy atom.